The number of esters is 1. The third-order valence-corrected chi connectivity index (χ3v) is 6.41. The van der Waals surface area contributed by atoms with E-state index in [9.17, 15) is 9.59 Å². The lowest BCUT2D eigenvalue weighted by Gasteiger charge is -2.47. The summed E-state index contributed by atoms with van der Waals surface area (Å²) in [6.07, 6.45) is 5.39. The molecule has 6 nitrogen and oxygen atoms in total. The normalized spacial score (nSPS) is 17.5. The number of hydrogen-bond donors (Lipinski definition) is 0. The van der Waals surface area contributed by atoms with Gasteiger partial charge in [0.15, 0.2) is 0 Å². The van der Waals surface area contributed by atoms with Crippen LogP contribution in [0.25, 0.3) is 22.1 Å². The second-order valence-electron chi connectivity index (χ2n) is 10.9. The summed E-state index contributed by atoms with van der Waals surface area (Å²) in [7, 11) is 0. The van der Waals surface area contributed by atoms with Crippen LogP contribution in [0.1, 0.15) is 72.3 Å². The molecule has 0 aliphatic carbocycles. The molecule has 4 rings (SSSR count). The Morgan fingerprint density at radius 1 is 1.21 bits per heavy atom. The molecule has 0 bridgehead atoms. The van der Waals surface area contributed by atoms with Crippen molar-refractivity contribution in [3.05, 3.63) is 58.7 Å². The van der Waals surface area contributed by atoms with Gasteiger partial charge in [0.1, 0.15) is 11.2 Å². The second kappa shape index (κ2) is 8.90. The molecule has 2 aromatic heterocycles. The molecule has 0 saturated heterocycles. The van der Waals surface area contributed by atoms with Crippen LogP contribution in [-0.4, -0.2) is 28.6 Å². The number of anilines is 1. The van der Waals surface area contributed by atoms with E-state index in [1.54, 1.807) is 12.4 Å². The van der Waals surface area contributed by atoms with E-state index in [2.05, 4.69) is 36.7 Å². The lowest BCUT2D eigenvalue weighted by atomic mass is 9.79. The van der Waals surface area contributed by atoms with Gasteiger partial charge in [-0.05, 0) is 88.8 Å². The smallest absolute Gasteiger partial charge is 0.344 e. The zero-order chi connectivity index (χ0) is 24.7. The molecule has 0 N–H and O–H groups in total. The number of nitrogens with zero attached hydrogens (tertiary/aromatic N) is 2. The van der Waals surface area contributed by atoms with Crippen LogP contribution >= 0.6 is 0 Å². The minimum absolute atomic E-state index is 0.0920. The number of carbonyl (C=O) groups excluding carboxylic acids is 1. The molecule has 6 heteroatoms. The summed E-state index contributed by atoms with van der Waals surface area (Å²) < 4.78 is 11.3. The van der Waals surface area contributed by atoms with Crippen LogP contribution in [0.5, 0.6) is 0 Å². The minimum Gasteiger partial charge on any atom is -0.460 e. The van der Waals surface area contributed by atoms with Crippen LogP contribution in [0.3, 0.4) is 0 Å². The molecule has 1 unspecified atom stereocenters. The molecular formula is C28H34N2O4. The van der Waals surface area contributed by atoms with Gasteiger partial charge in [-0.15, -0.1) is 0 Å². The maximum Gasteiger partial charge on any atom is 0.344 e. The number of hydrogen-bond acceptors (Lipinski definition) is 6. The van der Waals surface area contributed by atoms with Gasteiger partial charge in [-0.25, -0.2) is 4.79 Å². The van der Waals surface area contributed by atoms with E-state index < -0.39 is 5.60 Å². The van der Waals surface area contributed by atoms with Gasteiger partial charge in [-0.2, -0.15) is 0 Å². The Morgan fingerprint density at radius 2 is 1.91 bits per heavy atom. The molecule has 1 atom stereocenters. The second-order valence-corrected chi connectivity index (χ2v) is 10.9. The summed E-state index contributed by atoms with van der Waals surface area (Å²) in [5.41, 5.74) is 3.27. The molecule has 34 heavy (non-hydrogen) atoms. The molecule has 1 aromatic carbocycles. The van der Waals surface area contributed by atoms with Gasteiger partial charge in [-0.1, -0.05) is 6.92 Å². The Hall–Kier alpha value is -3.15. The predicted molar refractivity (Wildman–Crippen MR) is 135 cm³/mol. The van der Waals surface area contributed by atoms with Crippen LogP contribution in [0.15, 0.2) is 51.9 Å². The van der Waals surface area contributed by atoms with Crippen LogP contribution in [0.4, 0.5) is 5.69 Å². The van der Waals surface area contributed by atoms with Crippen molar-refractivity contribution in [1.82, 2.24) is 4.98 Å². The highest BCUT2D eigenvalue weighted by molar-refractivity contribution is 5.87. The Balaban J connectivity index is 1.67. The number of fused-ring (bicyclic) bond motifs is 2. The van der Waals surface area contributed by atoms with Crippen molar-refractivity contribution in [3.63, 3.8) is 0 Å². The quantitative estimate of drug-likeness (QED) is 0.338. The van der Waals surface area contributed by atoms with Crippen LogP contribution in [-0.2, 0) is 9.53 Å². The summed E-state index contributed by atoms with van der Waals surface area (Å²) in [5, 5.41) is 0.908. The van der Waals surface area contributed by atoms with E-state index in [1.165, 1.54) is 5.56 Å². The van der Waals surface area contributed by atoms with Crippen molar-refractivity contribution in [2.24, 2.45) is 0 Å². The van der Waals surface area contributed by atoms with Gasteiger partial charge >= 0.3 is 11.6 Å². The van der Waals surface area contributed by atoms with Crippen molar-refractivity contribution >= 4 is 22.6 Å². The lowest BCUT2D eigenvalue weighted by Crippen LogP contribution is -2.48. The van der Waals surface area contributed by atoms with Crippen molar-refractivity contribution < 1.29 is 13.9 Å². The summed E-state index contributed by atoms with van der Waals surface area (Å²) in [6.45, 7) is 13.1. The molecule has 0 saturated carbocycles. The summed E-state index contributed by atoms with van der Waals surface area (Å²) >= 11 is 0. The molecule has 0 amide bonds. The van der Waals surface area contributed by atoms with Crippen LogP contribution < -0.4 is 10.5 Å². The molecule has 0 fully saturated rings. The zero-order valence-electron chi connectivity index (χ0n) is 21.0. The maximum atomic E-state index is 12.8. The Bertz CT molecular complexity index is 1260. The molecule has 3 aromatic rings. The highest BCUT2D eigenvalue weighted by atomic mass is 16.6. The fourth-order valence-electron chi connectivity index (χ4n) is 5.03. The Morgan fingerprint density at radius 3 is 2.59 bits per heavy atom. The first-order chi connectivity index (χ1) is 15.9. The first-order valence-electron chi connectivity index (χ1n) is 12.0. The molecular weight excluding hydrogens is 428 g/mol. The van der Waals surface area contributed by atoms with E-state index in [0.29, 0.717) is 29.9 Å². The largest absolute Gasteiger partial charge is 0.460 e. The number of ether oxygens (including phenoxy) is 1. The van der Waals surface area contributed by atoms with Gasteiger partial charge in [0.25, 0.3) is 0 Å². The first kappa shape index (κ1) is 24.0. The zero-order valence-corrected chi connectivity index (χ0v) is 21.0. The van der Waals surface area contributed by atoms with Crippen LogP contribution in [0.2, 0.25) is 0 Å². The van der Waals surface area contributed by atoms with E-state index >= 15 is 0 Å². The predicted octanol–water partition coefficient (Wildman–Crippen LogP) is 6.07. The van der Waals surface area contributed by atoms with E-state index in [4.69, 9.17) is 9.15 Å². The van der Waals surface area contributed by atoms with E-state index in [0.717, 1.165) is 29.6 Å². The highest BCUT2D eigenvalue weighted by Crippen LogP contribution is 2.45. The topological polar surface area (TPSA) is 72.6 Å². The molecule has 0 spiro atoms. The molecule has 1 aliphatic rings. The number of rotatable bonds is 5. The average molecular weight is 463 g/mol. The number of aromatic nitrogens is 1. The SMILES string of the molecule is CC1CC(C)(C)N(CCCC(=O)OC(C)(C)C)c2cc3oc(=O)c(-c4ccncc4)cc3cc21. The summed E-state index contributed by atoms with van der Waals surface area (Å²) in [6, 6.07) is 9.69. The summed E-state index contributed by atoms with van der Waals surface area (Å²) in [5.74, 6) is 0.178. The molecule has 1 aliphatic heterocycles. The highest BCUT2D eigenvalue weighted by Gasteiger charge is 2.36. The maximum absolute atomic E-state index is 12.8. The van der Waals surface area contributed by atoms with E-state index in [1.807, 2.05) is 45.0 Å². The number of pyridine rings is 1. The third kappa shape index (κ3) is 5.01. The lowest BCUT2D eigenvalue weighted by molar-refractivity contribution is -0.154. The Labute approximate surface area is 200 Å². The van der Waals surface area contributed by atoms with Gasteiger partial charge in [-0.3, -0.25) is 9.78 Å². The average Bonchev–Trinajstić information content (AvgIpc) is 2.73. The van der Waals surface area contributed by atoms with Crippen molar-refractivity contribution in [1.29, 1.82) is 0 Å². The number of benzene rings is 1. The molecule has 3 heterocycles. The molecule has 0 radical (unpaired) electrons. The molecule has 180 valence electrons. The van der Waals surface area contributed by atoms with Crippen molar-refractivity contribution in [2.45, 2.75) is 77.9 Å². The third-order valence-electron chi connectivity index (χ3n) is 6.41. The Kier molecular flexibility index (Phi) is 6.28. The standard InChI is InChI=1S/C28H34N2O4/c1-18-17-28(5,6)30(13-7-8-25(31)34-27(2,3)4)23-16-24-20(14-21(18)23)15-22(26(32)33-24)19-9-11-29-12-10-19/h9-12,14-16,18H,7-8,13,17H2,1-6H3. The van der Waals surface area contributed by atoms with Gasteiger partial charge in [0.05, 0.1) is 5.56 Å². The minimum atomic E-state index is -0.477. The fourth-order valence-corrected chi connectivity index (χ4v) is 5.03. The van der Waals surface area contributed by atoms with Gasteiger partial charge in [0.2, 0.25) is 0 Å². The summed E-state index contributed by atoms with van der Waals surface area (Å²) in [4.78, 5) is 31.4. The first-order valence-corrected chi connectivity index (χ1v) is 12.0. The monoisotopic (exact) mass is 462 g/mol. The van der Waals surface area contributed by atoms with Crippen LogP contribution in [0, 0.1) is 0 Å². The van der Waals surface area contributed by atoms with Gasteiger partial charge < -0.3 is 14.1 Å². The van der Waals surface area contributed by atoms with Gasteiger partial charge in [0, 0.05) is 48.0 Å². The van der Waals surface area contributed by atoms with Crippen molar-refractivity contribution in [3.8, 4) is 11.1 Å². The van der Waals surface area contributed by atoms with Crippen molar-refractivity contribution in [2.75, 3.05) is 11.4 Å². The fraction of sp³-hybridized carbons (Fsp3) is 0.464. The van der Waals surface area contributed by atoms with E-state index in [-0.39, 0.29) is 17.1 Å². The number of carbonyl (C=O) groups is 1.